The normalized spacial score (nSPS) is 10.1. The highest BCUT2D eigenvalue weighted by Crippen LogP contribution is 2.20. The van der Waals surface area contributed by atoms with Crippen molar-refractivity contribution >= 4 is 29.2 Å². The fraction of sp³-hybridized carbons (Fsp3) is 0.143. The van der Waals surface area contributed by atoms with Crippen LogP contribution in [0.1, 0.15) is 27.6 Å². The molecule has 0 saturated carbocycles. The summed E-state index contributed by atoms with van der Waals surface area (Å²) in [5.74, 6) is 0.0974. The van der Waals surface area contributed by atoms with E-state index in [-0.39, 0.29) is 17.7 Å². The lowest BCUT2D eigenvalue weighted by Gasteiger charge is -2.10. The molecule has 0 unspecified atom stereocenters. The van der Waals surface area contributed by atoms with Crippen LogP contribution in [0, 0.1) is 0 Å². The Morgan fingerprint density at radius 2 is 1.79 bits per heavy atom. The summed E-state index contributed by atoms with van der Waals surface area (Å²) >= 11 is 0. The number of hydrogen-bond donors (Lipinski definition) is 2. The van der Waals surface area contributed by atoms with Crippen molar-refractivity contribution < 1.29 is 19.1 Å². The van der Waals surface area contributed by atoms with Gasteiger partial charge in [-0.25, -0.2) is 14.8 Å². The van der Waals surface area contributed by atoms with Gasteiger partial charge in [-0.15, -0.1) is 0 Å². The number of nitrogens with one attached hydrogen (secondary N) is 2. The van der Waals surface area contributed by atoms with Crippen LogP contribution < -0.4 is 15.4 Å². The van der Waals surface area contributed by atoms with Crippen molar-refractivity contribution in [3.8, 4) is 5.75 Å². The first-order chi connectivity index (χ1) is 14.1. The first-order valence-corrected chi connectivity index (χ1v) is 8.91. The number of aromatic nitrogens is 2. The molecular weight excluding hydrogens is 372 g/mol. The minimum Gasteiger partial charge on any atom is -0.497 e. The lowest BCUT2D eigenvalue weighted by Crippen LogP contribution is -2.16. The van der Waals surface area contributed by atoms with E-state index in [1.807, 2.05) is 18.2 Å². The van der Waals surface area contributed by atoms with E-state index < -0.39 is 11.9 Å². The summed E-state index contributed by atoms with van der Waals surface area (Å²) in [7, 11) is 1.59. The Hall–Kier alpha value is -3.94. The van der Waals surface area contributed by atoms with Crippen LogP contribution in [0.4, 0.5) is 17.3 Å². The molecule has 0 spiro atoms. The first kappa shape index (κ1) is 19.8. The third kappa shape index (κ3) is 5.07. The molecule has 0 aliphatic carbocycles. The smallest absolute Gasteiger partial charge is 0.340 e. The fourth-order valence-electron chi connectivity index (χ4n) is 2.51. The van der Waals surface area contributed by atoms with Crippen LogP contribution in [0.3, 0.4) is 0 Å². The molecule has 0 fully saturated rings. The maximum absolute atomic E-state index is 12.5. The molecule has 2 aromatic carbocycles. The van der Waals surface area contributed by atoms with Gasteiger partial charge >= 0.3 is 5.97 Å². The van der Waals surface area contributed by atoms with Gasteiger partial charge in [0, 0.05) is 24.1 Å². The number of carbonyl (C=O) groups is 2. The van der Waals surface area contributed by atoms with Crippen molar-refractivity contribution in [3.05, 3.63) is 72.1 Å². The maximum Gasteiger partial charge on any atom is 0.340 e. The fourth-order valence-corrected chi connectivity index (χ4v) is 2.51. The molecule has 0 radical (unpaired) electrons. The zero-order chi connectivity index (χ0) is 20.6. The number of amides is 1. The Labute approximate surface area is 167 Å². The third-order valence-electron chi connectivity index (χ3n) is 3.91. The van der Waals surface area contributed by atoms with Crippen molar-refractivity contribution in [2.75, 3.05) is 24.4 Å². The summed E-state index contributed by atoms with van der Waals surface area (Å²) in [6.07, 6.45) is 2.80. The van der Waals surface area contributed by atoms with Gasteiger partial charge < -0.3 is 20.1 Å². The summed E-state index contributed by atoms with van der Waals surface area (Å²) in [4.78, 5) is 32.9. The number of methoxy groups -OCH3 is 1. The van der Waals surface area contributed by atoms with Gasteiger partial charge in [-0.3, -0.25) is 4.79 Å². The average molecular weight is 392 g/mol. The van der Waals surface area contributed by atoms with Crippen LogP contribution in [0.25, 0.3) is 0 Å². The summed E-state index contributed by atoms with van der Waals surface area (Å²) in [6, 6.07) is 13.9. The first-order valence-electron chi connectivity index (χ1n) is 8.91. The summed E-state index contributed by atoms with van der Waals surface area (Å²) in [6.45, 7) is 1.97. The van der Waals surface area contributed by atoms with E-state index in [9.17, 15) is 9.59 Å². The van der Waals surface area contributed by atoms with E-state index in [0.717, 1.165) is 5.69 Å². The molecule has 29 heavy (non-hydrogen) atoms. The monoisotopic (exact) mass is 392 g/mol. The minimum absolute atomic E-state index is 0.247. The van der Waals surface area contributed by atoms with E-state index in [1.54, 1.807) is 44.4 Å². The molecule has 1 aromatic heterocycles. The molecule has 0 aliphatic rings. The van der Waals surface area contributed by atoms with Crippen molar-refractivity contribution in [2.24, 2.45) is 0 Å². The molecule has 8 nitrogen and oxygen atoms in total. The lowest BCUT2D eigenvalue weighted by molar-refractivity contribution is 0.0527. The largest absolute Gasteiger partial charge is 0.497 e. The van der Waals surface area contributed by atoms with Crippen LogP contribution in [0.2, 0.25) is 0 Å². The van der Waals surface area contributed by atoms with Crippen molar-refractivity contribution in [1.82, 2.24) is 9.97 Å². The molecule has 2 N–H and O–H groups in total. The van der Waals surface area contributed by atoms with E-state index in [2.05, 4.69) is 20.6 Å². The van der Waals surface area contributed by atoms with E-state index in [4.69, 9.17) is 9.47 Å². The second-order valence-corrected chi connectivity index (χ2v) is 5.87. The van der Waals surface area contributed by atoms with Crippen molar-refractivity contribution in [3.63, 3.8) is 0 Å². The summed E-state index contributed by atoms with van der Waals surface area (Å²) in [5, 5.41) is 5.73. The van der Waals surface area contributed by atoms with Crippen molar-refractivity contribution in [2.45, 2.75) is 6.92 Å². The van der Waals surface area contributed by atoms with Crippen LogP contribution in [0.5, 0.6) is 5.75 Å². The Morgan fingerprint density at radius 3 is 2.52 bits per heavy atom. The van der Waals surface area contributed by atoms with Gasteiger partial charge in [0.25, 0.3) is 5.91 Å². The summed E-state index contributed by atoms with van der Waals surface area (Å²) < 4.78 is 10.2. The number of rotatable bonds is 7. The van der Waals surface area contributed by atoms with Crippen LogP contribution in [-0.4, -0.2) is 35.6 Å². The highest BCUT2D eigenvalue weighted by molar-refractivity contribution is 6.07. The number of ether oxygens (including phenoxy) is 2. The summed E-state index contributed by atoms with van der Waals surface area (Å²) in [5.41, 5.74) is 1.64. The quantitative estimate of drug-likeness (QED) is 0.592. The standard InChI is InChI=1S/C21H20N4O4/c1-3-29-20(27)17-9-4-5-10-18(17)25-19(26)14-12-22-21(23-13-14)24-15-7-6-8-16(11-15)28-2/h4-13H,3H2,1-2H3,(H,25,26)(H,22,23,24). The van der Waals surface area contributed by atoms with Crippen molar-refractivity contribution in [1.29, 1.82) is 0 Å². The Bertz CT molecular complexity index is 1010. The van der Waals surface area contributed by atoms with Gasteiger partial charge in [0.15, 0.2) is 0 Å². The molecule has 1 amide bonds. The second kappa shape index (κ2) is 9.32. The lowest BCUT2D eigenvalue weighted by atomic mass is 10.1. The number of esters is 1. The highest BCUT2D eigenvalue weighted by Gasteiger charge is 2.15. The van der Waals surface area contributed by atoms with Crippen LogP contribution >= 0.6 is 0 Å². The molecule has 8 heteroatoms. The van der Waals surface area contributed by atoms with Gasteiger partial charge in [-0.1, -0.05) is 18.2 Å². The zero-order valence-electron chi connectivity index (χ0n) is 16.0. The molecule has 3 rings (SSSR count). The predicted octanol–water partition coefficient (Wildman–Crippen LogP) is 3.66. The van der Waals surface area contributed by atoms with Gasteiger partial charge in [-0.05, 0) is 31.2 Å². The number of benzene rings is 2. The van der Waals surface area contributed by atoms with Gasteiger partial charge in [-0.2, -0.15) is 0 Å². The Balaban J connectivity index is 1.70. The number of hydrogen-bond acceptors (Lipinski definition) is 7. The molecule has 148 valence electrons. The number of anilines is 3. The van der Waals surface area contributed by atoms with Crippen LogP contribution in [-0.2, 0) is 4.74 Å². The van der Waals surface area contributed by atoms with E-state index >= 15 is 0 Å². The third-order valence-corrected chi connectivity index (χ3v) is 3.91. The van der Waals surface area contributed by atoms with E-state index in [1.165, 1.54) is 12.4 Å². The molecule has 1 heterocycles. The van der Waals surface area contributed by atoms with Gasteiger partial charge in [0.05, 0.1) is 30.5 Å². The van der Waals surface area contributed by atoms with Gasteiger partial charge in [0.1, 0.15) is 5.75 Å². The molecule has 0 aliphatic heterocycles. The van der Waals surface area contributed by atoms with Gasteiger partial charge in [0.2, 0.25) is 5.95 Å². The predicted molar refractivity (Wildman–Crippen MR) is 109 cm³/mol. The number of nitrogens with zero attached hydrogens (tertiary/aromatic N) is 2. The topological polar surface area (TPSA) is 102 Å². The number of para-hydroxylation sites is 1. The molecular formula is C21H20N4O4. The molecule has 0 saturated heterocycles. The molecule has 0 bridgehead atoms. The average Bonchev–Trinajstić information content (AvgIpc) is 2.75. The molecule has 0 atom stereocenters. The molecule has 3 aromatic rings. The Morgan fingerprint density at radius 1 is 1.03 bits per heavy atom. The highest BCUT2D eigenvalue weighted by atomic mass is 16.5. The second-order valence-electron chi connectivity index (χ2n) is 5.87. The van der Waals surface area contributed by atoms with Crippen LogP contribution in [0.15, 0.2) is 60.9 Å². The Kier molecular flexibility index (Phi) is 6.36. The maximum atomic E-state index is 12.5. The SMILES string of the molecule is CCOC(=O)c1ccccc1NC(=O)c1cnc(Nc2cccc(OC)c2)nc1. The van der Waals surface area contributed by atoms with E-state index in [0.29, 0.717) is 17.4 Å². The minimum atomic E-state index is -0.502. The zero-order valence-corrected chi connectivity index (χ0v) is 16.0. The number of carbonyl (C=O) groups excluding carboxylic acids is 2.